The zero-order valence-corrected chi connectivity index (χ0v) is 12.0. The number of aromatic nitrogens is 2. The van der Waals surface area contributed by atoms with Crippen molar-refractivity contribution in [3.05, 3.63) is 46.5 Å². The average molecular weight is 352 g/mol. The monoisotopic (exact) mass is 351 g/mol. The number of carbonyl (C=O) groups is 1. The van der Waals surface area contributed by atoms with Gasteiger partial charge in [-0.25, -0.2) is 9.97 Å². The largest absolute Gasteiger partial charge is 0.573 e. The summed E-state index contributed by atoms with van der Waals surface area (Å²) in [6.07, 6.45) is -3.83. The van der Waals surface area contributed by atoms with Gasteiger partial charge < -0.3 is 10.1 Å². The van der Waals surface area contributed by atoms with E-state index in [1.54, 1.807) is 0 Å². The Balaban J connectivity index is 2.25. The topological polar surface area (TPSA) is 64.1 Å². The summed E-state index contributed by atoms with van der Waals surface area (Å²) in [5.41, 5.74) is -0.330. The van der Waals surface area contributed by atoms with Gasteiger partial charge in [0.05, 0.1) is 11.3 Å². The van der Waals surface area contributed by atoms with Crippen LogP contribution in [-0.4, -0.2) is 22.2 Å². The number of nitrogens with zero attached hydrogens (tertiary/aromatic N) is 2. The van der Waals surface area contributed by atoms with Crippen LogP contribution in [-0.2, 0) is 0 Å². The van der Waals surface area contributed by atoms with Crippen LogP contribution in [0.2, 0.25) is 10.4 Å². The Morgan fingerprint density at radius 3 is 2.55 bits per heavy atom. The van der Waals surface area contributed by atoms with Crippen LogP contribution >= 0.6 is 23.2 Å². The van der Waals surface area contributed by atoms with Crippen molar-refractivity contribution < 1.29 is 22.7 Å². The summed E-state index contributed by atoms with van der Waals surface area (Å²) in [6.45, 7) is 0. The molecule has 1 aromatic carbocycles. The summed E-state index contributed by atoms with van der Waals surface area (Å²) in [5.74, 6) is -1.37. The molecular formula is C12H6Cl2F3N3O2. The lowest BCUT2D eigenvalue weighted by Crippen LogP contribution is -2.20. The van der Waals surface area contributed by atoms with Gasteiger partial charge in [-0.2, -0.15) is 0 Å². The second kappa shape index (κ2) is 6.37. The van der Waals surface area contributed by atoms with Crippen LogP contribution in [0.4, 0.5) is 18.9 Å². The van der Waals surface area contributed by atoms with Crippen LogP contribution in [0.3, 0.4) is 0 Å². The number of nitrogens with one attached hydrogen (secondary N) is 1. The van der Waals surface area contributed by atoms with E-state index in [0.717, 1.165) is 12.3 Å². The first-order chi connectivity index (χ1) is 10.3. The minimum Gasteiger partial charge on any atom is -0.404 e. The van der Waals surface area contributed by atoms with E-state index in [1.807, 2.05) is 0 Å². The third-order valence-electron chi connectivity index (χ3n) is 2.32. The number of amides is 1. The fraction of sp³-hybridized carbons (Fsp3) is 0.0833. The maximum atomic E-state index is 12.3. The first-order valence-electron chi connectivity index (χ1n) is 5.60. The SMILES string of the molecule is O=C(Nc1ccccc1OC(F)(F)F)c1cnc(Cl)nc1Cl. The molecule has 0 fully saturated rings. The van der Waals surface area contributed by atoms with Gasteiger partial charge in [0, 0.05) is 6.20 Å². The summed E-state index contributed by atoms with van der Waals surface area (Å²) >= 11 is 11.2. The van der Waals surface area contributed by atoms with Gasteiger partial charge >= 0.3 is 6.36 Å². The van der Waals surface area contributed by atoms with Crippen LogP contribution < -0.4 is 10.1 Å². The van der Waals surface area contributed by atoms with Crippen molar-refractivity contribution in [3.8, 4) is 5.75 Å². The minimum atomic E-state index is -4.89. The fourth-order valence-electron chi connectivity index (χ4n) is 1.47. The highest BCUT2D eigenvalue weighted by Crippen LogP contribution is 2.30. The van der Waals surface area contributed by atoms with Gasteiger partial charge in [-0.1, -0.05) is 23.7 Å². The van der Waals surface area contributed by atoms with E-state index in [2.05, 4.69) is 20.0 Å². The van der Waals surface area contributed by atoms with Gasteiger partial charge in [0.25, 0.3) is 5.91 Å². The zero-order chi connectivity index (χ0) is 16.3. The molecule has 0 bridgehead atoms. The Morgan fingerprint density at radius 1 is 1.23 bits per heavy atom. The number of alkyl halides is 3. The van der Waals surface area contributed by atoms with Gasteiger partial charge in [0.15, 0.2) is 5.75 Å². The second-order valence-corrected chi connectivity index (χ2v) is 4.54. The summed E-state index contributed by atoms with van der Waals surface area (Å²) < 4.78 is 40.7. The maximum absolute atomic E-state index is 12.3. The molecule has 0 aliphatic heterocycles. The molecule has 1 aromatic heterocycles. The molecule has 0 aliphatic rings. The predicted molar refractivity (Wildman–Crippen MR) is 73.1 cm³/mol. The molecule has 0 spiro atoms. The van der Waals surface area contributed by atoms with Crippen molar-refractivity contribution in [2.24, 2.45) is 0 Å². The molecule has 0 saturated carbocycles. The standard InChI is InChI=1S/C12H6Cl2F3N3O2/c13-9-6(5-18-11(14)20-9)10(21)19-7-3-1-2-4-8(7)22-12(15,16)17/h1-5H,(H,19,21). The molecule has 2 aromatic rings. The van der Waals surface area contributed by atoms with E-state index in [9.17, 15) is 18.0 Å². The van der Waals surface area contributed by atoms with Gasteiger partial charge in [-0.05, 0) is 23.7 Å². The van der Waals surface area contributed by atoms with Crippen LogP contribution in [0.5, 0.6) is 5.75 Å². The first-order valence-corrected chi connectivity index (χ1v) is 6.36. The first kappa shape index (κ1) is 16.3. The highest BCUT2D eigenvalue weighted by Gasteiger charge is 2.32. The van der Waals surface area contributed by atoms with Crippen molar-refractivity contribution in [1.29, 1.82) is 0 Å². The molecule has 0 unspecified atom stereocenters. The van der Waals surface area contributed by atoms with E-state index in [-0.39, 0.29) is 21.7 Å². The molecule has 0 radical (unpaired) electrons. The summed E-state index contributed by atoms with van der Waals surface area (Å²) in [6, 6.07) is 5.06. The van der Waals surface area contributed by atoms with E-state index in [4.69, 9.17) is 23.2 Å². The third-order valence-corrected chi connectivity index (χ3v) is 2.79. The number of anilines is 1. The molecule has 5 nitrogen and oxygen atoms in total. The highest BCUT2D eigenvalue weighted by molar-refractivity contribution is 6.34. The smallest absolute Gasteiger partial charge is 0.404 e. The number of para-hydroxylation sites is 2. The van der Waals surface area contributed by atoms with Gasteiger partial charge in [-0.15, -0.1) is 13.2 Å². The van der Waals surface area contributed by atoms with Crippen molar-refractivity contribution in [2.45, 2.75) is 6.36 Å². The minimum absolute atomic E-state index is 0.145. The molecule has 2 rings (SSSR count). The van der Waals surface area contributed by atoms with Gasteiger partial charge in [-0.3, -0.25) is 4.79 Å². The van der Waals surface area contributed by atoms with E-state index < -0.39 is 18.0 Å². The number of hydrogen-bond acceptors (Lipinski definition) is 4. The molecule has 0 aliphatic carbocycles. The Morgan fingerprint density at radius 2 is 1.91 bits per heavy atom. The fourth-order valence-corrected chi connectivity index (χ4v) is 1.86. The lowest BCUT2D eigenvalue weighted by atomic mass is 10.2. The lowest BCUT2D eigenvalue weighted by molar-refractivity contribution is -0.274. The number of carbonyl (C=O) groups excluding carboxylic acids is 1. The zero-order valence-electron chi connectivity index (χ0n) is 10.5. The predicted octanol–water partition coefficient (Wildman–Crippen LogP) is 3.93. The van der Waals surface area contributed by atoms with Crippen molar-refractivity contribution in [1.82, 2.24) is 9.97 Å². The summed E-state index contributed by atoms with van der Waals surface area (Å²) in [4.78, 5) is 19.2. The van der Waals surface area contributed by atoms with E-state index in [1.165, 1.54) is 18.2 Å². The van der Waals surface area contributed by atoms with Crippen molar-refractivity contribution >= 4 is 34.8 Å². The summed E-state index contributed by atoms with van der Waals surface area (Å²) in [7, 11) is 0. The number of halogens is 5. The Hall–Kier alpha value is -2.06. The van der Waals surface area contributed by atoms with Gasteiger partial charge in [0.1, 0.15) is 5.15 Å². The molecular weight excluding hydrogens is 346 g/mol. The number of rotatable bonds is 3. The molecule has 10 heteroatoms. The van der Waals surface area contributed by atoms with Crippen LogP contribution in [0.25, 0.3) is 0 Å². The molecule has 22 heavy (non-hydrogen) atoms. The van der Waals surface area contributed by atoms with E-state index >= 15 is 0 Å². The quantitative estimate of drug-likeness (QED) is 0.672. The molecule has 0 atom stereocenters. The molecule has 0 saturated heterocycles. The lowest BCUT2D eigenvalue weighted by Gasteiger charge is -2.13. The normalized spacial score (nSPS) is 11.1. The maximum Gasteiger partial charge on any atom is 0.573 e. The number of ether oxygens (including phenoxy) is 1. The third kappa shape index (κ3) is 4.22. The highest BCUT2D eigenvalue weighted by atomic mass is 35.5. The Kier molecular flexibility index (Phi) is 4.72. The van der Waals surface area contributed by atoms with E-state index in [0.29, 0.717) is 0 Å². The Bertz CT molecular complexity index is 710. The second-order valence-electron chi connectivity index (χ2n) is 3.84. The molecule has 1 heterocycles. The van der Waals surface area contributed by atoms with Crippen LogP contribution in [0.15, 0.2) is 30.5 Å². The number of hydrogen-bond donors (Lipinski definition) is 1. The van der Waals surface area contributed by atoms with Crippen LogP contribution in [0.1, 0.15) is 10.4 Å². The Labute approximate surface area is 132 Å². The average Bonchev–Trinajstić information content (AvgIpc) is 2.39. The molecule has 1 N–H and O–H groups in total. The van der Waals surface area contributed by atoms with Crippen molar-refractivity contribution in [3.63, 3.8) is 0 Å². The number of benzene rings is 1. The van der Waals surface area contributed by atoms with Crippen molar-refractivity contribution in [2.75, 3.05) is 5.32 Å². The molecule has 1 amide bonds. The van der Waals surface area contributed by atoms with Gasteiger partial charge in [0.2, 0.25) is 5.28 Å². The molecule has 116 valence electrons. The van der Waals surface area contributed by atoms with Crippen LogP contribution in [0, 0.1) is 0 Å². The summed E-state index contributed by atoms with van der Waals surface area (Å²) in [5, 5.41) is 1.84.